The minimum atomic E-state index is -0.323. The molecule has 0 heterocycles. The van der Waals surface area contributed by atoms with Crippen LogP contribution in [0.4, 0.5) is 0 Å². The monoisotopic (exact) mass is 258 g/mol. The van der Waals surface area contributed by atoms with Gasteiger partial charge in [-0.2, -0.15) is 0 Å². The van der Waals surface area contributed by atoms with Crippen LogP contribution in [0.2, 0.25) is 0 Å². The highest BCUT2D eigenvalue weighted by molar-refractivity contribution is 7.80. The van der Waals surface area contributed by atoms with Gasteiger partial charge in [0.15, 0.2) is 0 Å². The fraction of sp³-hybridized carbons (Fsp3) is 0.833. The molecule has 0 aromatic rings. The SMILES string of the molecule is CCCC(C(=O)NC1CCC(OC)C1)C(N)=S. The molecule has 17 heavy (non-hydrogen) atoms. The van der Waals surface area contributed by atoms with E-state index in [-0.39, 0.29) is 24.0 Å². The van der Waals surface area contributed by atoms with Crippen molar-refractivity contribution in [3.8, 4) is 0 Å². The maximum Gasteiger partial charge on any atom is 0.230 e. The molecule has 98 valence electrons. The van der Waals surface area contributed by atoms with Crippen molar-refractivity contribution < 1.29 is 9.53 Å². The molecule has 0 aromatic heterocycles. The van der Waals surface area contributed by atoms with Crippen LogP contribution in [0, 0.1) is 5.92 Å². The summed E-state index contributed by atoms with van der Waals surface area (Å²) in [6.07, 6.45) is 4.77. The summed E-state index contributed by atoms with van der Waals surface area (Å²) in [4.78, 5) is 12.3. The third-order valence-corrected chi connectivity index (χ3v) is 3.59. The molecule has 0 bridgehead atoms. The van der Waals surface area contributed by atoms with Gasteiger partial charge in [-0.3, -0.25) is 4.79 Å². The average molecular weight is 258 g/mol. The van der Waals surface area contributed by atoms with Crippen LogP contribution in [0.3, 0.4) is 0 Å². The third-order valence-electron chi connectivity index (χ3n) is 3.30. The molecule has 0 saturated heterocycles. The van der Waals surface area contributed by atoms with Crippen LogP contribution >= 0.6 is 12.2 Å². The number of hydrogen-bond donors (Lipinski definition) is 2. The van der Waals surface area contributed by atoms with Gasteiger partial charge >= 0.3 is 0 Å². The Balaban J connectivity index is 2.44. The van der Waals surface area contributed by atoms with Crippen molar-refractivity contribution in [3.63, 3.8) is 0 Å². The van der Waals surface area contributed by atoms with Crippen LogP contribution in [0.25, 0.3) is 0 Å². The number of nitrogens with one attached hydrogen (secondary N) is 1. The van der Waals surface area contributed by atoms with Gasteiger partial charge in [-0.15, -0.1) is 0 Å². The summed E-state index contributed by atoms with van der Waals surface area (Å²) < 4.78 is 5.28. The van der Waals surface area contributed by atoms with Gasteiger partial charge in [-0.1, -0.05) is 25.6 Å². The highest BCUT2D eigenvalue weighted by atomic mass is 32.1. The summed E-state index contributed by atoms with van der Waals surface area (Å²) in [6, 6.07) is 0.209. The first-order valence-corrected chi connectivity index (χ1v) is 6.61. The maximum atomic E-state index is 12.0. The summed E-state index contributed by atoms with van der Waals surface area (Å²) in [6.45, 7) is 2.02. The highest BCUT2D eigenvalue weighted by Crippen LogP contribution is 2.22. The zero-order chi connectivity index (χ0) is 12.8. The van der Waals surface area contributed by atoms with E-state index in [0.717, 1.165) is 32.1 Å². The van der Waals surface area contributed by atoms with Crippen molar-refractivity contribution >= 4 is 23.1 Å². The summed E-state index contributed by atoms with van der Waals surface area (Å²) in [5, 5.41) is 3.02. The summed E-state index contributed by atoms with van der Waals surface area (Å²) in [7, 11) is 1.71. The molecule has 0 aliphatic heterocycles. The van der Waals surface area contributed by atoms with Crippen LogP contribution in [0.15, 0.2) is 0 Å². The van der Waals surface area contributed by atoms with Gasteiger partial charge in [0.25, 0.3) is 0 Å². The molecule has 1 aliphatic rings. The van der Waals surface area contributed by atoms with E-state index in [1.54, 1.807) is 7.11 Å². The zero-order valence-corrected chi connectivity index (χ0v) is 11.4. The second-order valence-electron chi connectivity index (χ2n) is 4.62. The Labute approximate surface area is 108 Å². The van der Waals surface area contributed by atoms with Crippen molar-refractivity contribution in [1.82, 2.24) is 5.32 Å². The lowest BCUT2D eigenvalue weighted by Gasteiger charge is -2.18. The fourth-order valence-corrected chi connectivity index (χ4v) is 2.50. The lowest BCUT2D eigenvalue weighted by molar-refractivity contribution is -0.123. The van der Waals surface area contributed by atoms with Crippen molar-refractivity contribution in [2.75, 3.05) is 7.11 Å². The first kappa shape index (κ1) is 14.4. The molecular formula is C12H22N2O2S. The van der Waals surface area contributed by atoms with Gasteiger partial charge in [0, 0.05) is 13.2 Å². The average Bonchev–Trinajstić information content (AvgIpc) is 2.72. The van der Waals surface area contributed by atoms with Crippen molar-refractivity contribution in [1.29, 1.82) is 0 Å². The number of hydrogen-bond acceptors (Lipinski definition) is 3. The van der Waals surface area contributed by atoms with Gasteiger partial charge in [-0.25, -0.2) is 0 Å². The minimum Gasteiger partial charge on any atom is -0.393 e. The van der Waals surface area contributed by atoms with Gasteiger partial charge in [-0.05, 0) is 25.7 Å². The van der Waals surface area contributed by atoms with Crippen LogP contribution in [-0.4, -0.2) is 30.2 Å². The van der Waals surface area contributed by atoms with E-state index >= 15 is 0 Å². The Kier molecular flexibility index (Phi) is 5.85. The van der Waals surface area contributed by atoms with Gasteiger partial charge in [0.2, 0.25) is 5.91 Å². The summed E-state index contributed by atoms with van der Waals surface area (Å²) >= 11 is 4.94. The lowest BCUT2D eigenvalue weighted by atomic mass is 10.0. The molecule has 1 saturated carbocycles. The van der Waals surface area contributed by atoms with Gasteiger partial charge in [0.05, 0.1) is 17.0 Å². The van der Waals surface area contributed by atoms with Crippen molar-refractivity contribution in [3.05, 3.63) is 0 Å². The number of rotatable bonds is 6. The van der Waals surface area contributed by atoms with E-state index in [2.05, 4.69) is 5.32 Å². The van der Waals surface area contributed by atoms with Gasteiger partial charge < -0.3 is 15.8 Å². The molecule has 1 fully saturated rings. The smallest absolute Gasteiger partial charge is 0.230 e. The number of thiocarbonyl (C=S) groups is 1. The molecule has 0 aromatic carbocycles. The van der Waals surface area contributed by atoms with E-state index in [0.29, 0.717) is 4.99 Å². The Hall–Kier alpha value is -0.680. The molecule has 3 N–H and O–H groups in total. The molecular weight excluding hydrogens is 236 g/mol. The first-order valence-electron chi connectivity index (χ1n) is 6.21. The maximum absolute atomic E-state index is 12.0. The second kappa shape index (κ2) is 6.91. The summed E-state index contributed by atoms with van der Waals surface area (Å²) in [5.41, 5.74) is 5.60. The normalized spacial score (nSPS) is 25.5. The minimum absolute atomic E-state index is 0.0268. The molecule has 4 nitrogen and oxygen atoms in total. The standard InChI is InChI=1S/C12H22N2O2S/c1-3-4-10(11(13)17)12(15)14-8-5-6-9(7-8)16-2/h8-10H,3-7H2,1-2H3,(H2,13,17)(H,14,15). The molecule has 0 spiro atoms. The number of amides is 1. The second-order valence-corrected chi connectivity index (χ2v) is 5.09. The van der Waals surface area contributed by atoms with E-state index in [4.69, 9.17) is 22.7 Å². The Morgan fingerprint density at radius 1 is 1.59 bits per heavy atom. The molecule has 1 rings (SSSR count). The zero-order valence-electron chi connectivity index (χ0n) is 10.6. The quantitative estimate of drug-likeness (QED) is 0.706. The van der Waals surface area contributed by atoms with Crippen LogP contribution < -0.4 is 11.1 Å². The molecule has 1 amide bonds. The Bertz CT molecular complexity index is 284. The van der Waals surface area contributed by atoms with Gasteiger partial charge in [0.1, 0.15) is 0 Å². The molecule has 1 aliphatic carbocycles. The van der Waals surface area contributed by atoms with E-state index in [1.165, 1.54) is 0 Å². The van der Waals surface area contributed by atoms with E-state index in [9.17, 15) is 4.79 Å². The number of nitrogens with two attached hydrogens (primary N) is 1. The largest absolute Gasteiger partial charge is 0.393 e. The predicted molar refractivity (Wildman–Crippen MR) is 71.8 cm³/mol. The third kappa shape index (κ3) is 4.24. The molecule has 3 atom stereocenters. The molecule has 3 unspecified atom stereocenters. The highest BCUT2D eigenvalue weighted by Gasteiger charge is 2.28. The topological polar surface area (TPSA) is 64.3 Å². The number of carbonyl (C=O) groups is 1. The fourth-order valence-electron chi connectivity index (χ4n) is 2.28. The molecule has 5 heteroatoms. The number of methoxy groups -OCH3 is 1. The van der Waals surface area contributed by atoms with Crippen molar-refractivity contribution in [2.45, 2.75) is 51.2 Å². The van der Waals surface area contributed by atoms with E-state index < -0.39 is 0 Å². The number of carbonyl (C=O) groups excluding carboxylic acids is 1. The van der Waals surface area contributed by atoms with Crippen molar-refractivity contribution in [2.24, 2.45) is 11.7 Å². The number of ether oxygens (including phenoxy) is 1. The van der Waals surface area contributed by atoms with E-state index in [1.807, 2.05) is 6.92 Å². The first-order chi connectivity index (χ1) is 8.08. The Morgan fingerprint density at radius 3 is 2.76 bits per heavy atom. The lowest BCUT2D eigenvalue weighted by Crippen LogP contribution is -2.42. The predicted octanol–water partition coefficient (Wildman–Crippen LogP) is 1.37. The van der Waals surface area contributed by atoms with Crippen LogP contribution in [0.1, 0.15) is 39.0 Å². The summed E-state index contributed by atoms with van der Waals surface area (Å²) in [5.74, 6) is -0.349. The molecule has 0 radical (unpaired) electrons. The van der Waals surface area contributed by atoms with Crippen LogP contribution in [0.5, 0.6) is 0 Å². The Morgan fingerprint density at radius 2 is 2.29 bits per heavy atom. The van der Waals surface area contributed by atoms with Crippen LogP contribution in [-0.2, 0) is 9.53 Å².